The summed E-state index contributed by atoms with van der Waals surface area (Å²) in [5.41, 5.74) is 4.39. The predicted octanol–water partition coefficient (Wildman–Crippen LogP) is 3.37. The highest BCUT2D eigenvalue weighted by Crippen LogP contribution is 2.41. The van der Waals surface area contributed by atoms with Crippen molar-refractivity contribution in [2.24, 2.45) is 5.92 Å². The minimum absolute atomic E-state index is 0.00372. The van der Waals surface area contributed by atoms with Gasteiger partial charge >= 0.3 is 0 Å². The standard InChI is InChI=1S/C22H25N3O2/c1-13-4-6-16(7-5-13)21(17-8-9-17)25-20(26)11-10-18-14(2)19(12-23)22(27)24-15(18)3/h4-7,17,21H,8-11H2,1-3H3,(H,24,27)(H,25,26). The largest absolute Gasteiger partial charge is 0.349 e. The van der Waals surface area contributed by atoms with E-state index in [1.807, 2.05) is 13.0 Å². The highest BCUT2D eigenvalue weighted by molar-refractivity contribution is 5.77. The average Bonchev–Trinajstić information content (AvgIpc) is 3.45. The lowest BCUT2D eigenvalue weighted by Crippen LogP contribution is -2.30. The minimum Gasteiger partial charge on any atom is -0.349 e. The van der Waals surface area contributed by atoms with Crippen molar-refractivity contribution >= 4 is 5.91 Å². The van der Waals surface area contributed by atoms with Crippen molar-refractivity contribution in [1.82, 2.24) is 10.3 Å². The molecule has 0 saturated heterocycles. The fourth-order valence-corrected chi connectivity index (χ4v) is 3.58. The Labute approximate surface area is 159 Å². The van der Waals surface area contributed by atoms with Crippen LogP contribution in [-0.4, -0.2) is 10.9 Å². The zero-order valence-corrected chi connectivity index (χ0v) is 16.1. The number of hydrogen-bond acceptors (Lipinski definition) is 3. The first-order chi connectivity index (χ1) is 12.9. The number of H-pyrrole nitrogens is 1. The van der Waals surface area contributed by atoms with Gasteiger partial charge in [-0.3, -0.25) is 9.59 Å². The minimum atomic E-state index is -0.367. The van der Waals surface area contributed by atoms with Gasteiger partial charge in [0.2, 0.25) is 5.91 Å². The molecule has 1 saturated carbocycles. The fourth-order valence-electron chi connectivity index (χ4n) is 3.58. The van der Waals surface area contributed by atoms with Crippen LogP contribution in [0.5, 0.6) is 0 Å². The van der Waals surface area contributed by atoms with Crippen LogP contribution < -0.4 is 10.9 Å². The van der Waals surface area contributed by atoms with E-state index in [0.29, 0.717) is 24.3 Å². The van der Waals surface area contributed by atoms with Gasteiger partial charge in [0.1, 0.15) is 11.6 Å². The lowest BCUT2D eigenvalue weighted by molar-refractivity contribution is -0.122. The molecule has 5 heteroatoms. The molecule has 140 valence electrons. The Balaban J connectivity index is 1.70. The van der Waals surface area contributed by atoms with Crippen molar-refractivity contribution in [3.63, 3.8) is 0 Å². The summed E-state index contributed by atoms with van der Waals surface area (Å²) in [5, 5.41) is 12.4. The van der Waals surface area contributed by atoms with E-state index in [4.69, 9.17) is 0 Å². The normalized spacial score (nSPS) is 14.4. The number of aromatic amines is 1. The highest BCUT2D eigenvalue weighted by Gasteiger charge is 2.33. The Hall–Kier alpha value is -2.87. The first kappa shape index (κ1) is 18.9. The molecule has 3 rings (SSSR count). The molecule has 0 bridgehead atoms. The van der Waals surface area contributed by atoms with Gasteiger partial charge in [0.15, 0.2) is 0 Å². The number of benzene rings is 1. The van der Waals surface area contributed by atoms with Crippen LogP contribution in [0, 0.1) is 38.0 Å². The van der Waals surface area contributed by atoms with Gasteiger partial charge in [-0.15, -0.1) is 0 Å². The van der Waals surface area contributed by atoms with Crippen molar-refractivity contribution in [1.29, 1.82) is 5.26 Å². The number of nitrogens with zero attached hydrogens (tertiary/aromatic N) is 1. The molecule has 2 N–H and O–H groups in total. The Morgan fingerprint density at radius 3 is 2.52 bits per heavy atom. The number of aromatic nitrogens is 1. The second-order valence-electron chi connectivity index (χ2n) is 7.46. The van der Waals surface area contributed by atoms with Crippen molar-refractivity contribution in [3.8, 4) is 6.07 Å². The molecule has 0 aliphatic heterocycles. The molecule has 1 fully saturated rings. The molecule has 1 aromatic heterocycles. The number of rotatable bonds is 6. The second-order valence-corrected chi connectivity index (χ2v) is 7.46. The van der Waals surface area contributed by atoms with Gasteiger partial charge in [0, 0.05) is 12.1 Å². The van der Waals surface area contributed by atoms with Gasteiger partial charge in [-0.2, -0.15) is 5.26 Å². The van der Waals surface area contributed by atoms with Crippen LogP contribution in [0.4, 0.5) is 0 Å². The number of hydrogen-bond donors (Lipinski definition) is 2. The zero-order valence-electron chi connectivity index (χ0n) is 16.1. The van der Waals surface area contributed by atoms with Crippen molar-refractivity contribution in [2.75, 3.05) is 0 Å². The molecule has 27 heavy (non-hydrogen) atoms. The Morgan fingerprint density at radius 2 is 1.93 bits per heavy atom. The molecule has 1 aliphatic carbocycles. The van der Waals surface area contributed by atoms with Crippen LogP contribution in [0.2, 0.25) is 0 Å². The molecule has 2 aromatic rings. The predicted molar refractivity (Wildman–Crippen MR) is 104 cm³/mol. The van der Waals surface area contributed by atoms with Crippen LogP contribution in [0.25, 0.3) is 0 Å². The maximum Gasteiger partial charge on any atom is 0.266 e. The van der Waals surface area contributed by atoms with E-state index in [1.54, 1.807) is 6.92 Å². The third-order valence-corrected chi connectivity index (χ3v) is 5.37. The second kappa shape index (κ2) is 7.79. The molecule has 1 unspecified atom stereocenters. The smallest absolute Gasteiger partial charge is 0.266 e. The summed E-state index contributed by atoms with van der Waals surface area (Å²) >= 11 is 0. The molecule has 0 radical (unpaired) electrons. The maximum absolute atomic E-state index is 12.6. The van der Waals surface area contributed by atoms with Crippen LogP contribution in [0.3, 0.4) is 0 Å². The molecule has 1 amide bonds. The van der Waals surface area contributed by atoms with E-state index in [0.717, 1.165) is 29.7 Å². The van der Waals surface area contributed by atoms with E-state index in [9.17, 15) is 14.9 Å². The molecular formula is C22H25N3O2. The molecule has 1 aliphatic rings. The number of aryl methyl sites for hydroxylation is 2. The average molecular weight is 363 g/mol. The van der Waals surface area contributed by atoms with Gasteiger partial charge in [0.05, 0.1) is 6.04 Å². The summed E-state index contributed by atoms with van der Waals surface area (Å²) in [6, 6.07) is 10.4. The van der Waals surface area contributed by atoms with Crippen LogP contribution >= 0.6 is 0 Å². The molecule has 5 nitrogen and oxygen atoms in total. The van der Waals surface area contributed by atoms with Gasteiger partial charge in [-0.05, 0) is 62.6 Å². The summed E-state index contributed by atoms with van der Waals surface area (Å²) in [7, 11) is 0. The van der Waals surface area contributed by atoms with E-state index in [1.165, 1.54) is 5.56 Å². The Morgan fingerprint density at radius 1 is 1.26 bits per heavy atom. The third-order valence-electron chi connectivity index (χ3n) is 5.37. The van der Waals surface area contributed by atoms with Crippen LogP contribution in [0.1, 0.15) is 58.8 Å². The lowest BCUT2D eigenvalue weighted by Gasteiger charge is -2.19. The summed E-state index contributed by atoms with van der Waals surface area (Å²) in [4.78, 5) is 27.1. The van der Waals surface area contributed by atoms with Gasteiger partial charge < -0.3 is 10.3 Å². The monoisotopic (exact) mass is 363 g/mol. The van der Waals surface area contributed by atoms with Crippen molar-refractivity contribution < 1.29 is 4.79 Å². The van der Waals surface area contributed by atoms with Gasteiger partial charge in [-0.25, -0.2) is 0 Å². The number of nitriles is 1. The Kier molecular flexibility index (Phi) is 5.46. The van der Waals surface area contributed by atoms with Crippen LogP contribution in [0.15, 0.2) is 29.1 Å². The zero-order chi connectivity index (χ0) is 19.6. The summed E-state index contributed by atoms with van der Waals surface area (Å²) in [6.07, 6.45) is 3.11. The molecule has 1 atom stereocenters. The first-order valence-corrected chi connectivity index (χ1v) is 9.39. The number of carbonyl (C=O) groups is 1. The van der Waals surface area contributed by atoms with E-state index in [-0.39, 0.29) is 23.1 Å². The first-order valence-electron chi connectivity index (χ1n) is 9.39. The SMILES string of the molecule is Cc1ccc(C(NC(=O)CCc2c(C)[nH]c(=O)c(C#N)c2C)C2CC2)cc1. The fraction of sp³-hybridized carbons (Fsp3) is 0.409. The van der Waals surface area contributed by atoms with E-state index < -0.39 is 0 Å². The maximum atomic E-state index is 12.6. The van der Waals surface area contributed by atoms with E-state index in [2.05, 4.69) is 41.5 Å². The third kappa shape index (κ3) is 4.28. The van der Waals surface area contributed by atoms with Crippen molar-refractivity contribution in [3.05, 3.63) is 68.1 Å². The van der Waals surface area contributed by atoms with Gasteiger partial charge in [0.25, 0.3) is 5.56 Å². The number of pyridine rings is 1. The molecule has 1 aromatic carbocycles. The highest BCUT2D eigenvalue weighted by atomic mass is 16.1. The Bertz CT molecular complexity index is 947. The summed E-state index contributed by atoms with van der Waals surface area (Å²) in [5.74, 6) is 0.509. The summed E-state index contributed by atoms with van der Waals surface area (Å²) < 4.78 is 0. The molecule has 0 spiro atoms. The quantitative estimate of drug-likeness (QED) is 0.825. The topological polar surface area (TPSA) is 85.8 Å². The van der Waals surface area contributed by atoms with Crippen LogP contribution in [-0.2, 0) is 11.2 Å². The number of amides is 1. The lowest BCUT2D eigenvalue weighted by atomic mass is 9.98. The van der Waals surface area contributed by atoms with Gasteiger partial charge in [-0.1, -0.05) is 29.8 Å². The summed E-state index contributed by atoms with van der Waals surface area (Å²) in [6.45, 7) is 5.63. The van der Waals surface area contributed by atoms with Crippen molar-refractivity contribution in [2.45, 2.75) is 52.5 Å². The number of nitrogens with one attached hydrogen (secondary N) is 2. The molecule has 1 heterocycles. The van der Waals surface area contributed by atoms with E-state index >= 15 is 0 Å². The molecular weight excluding hydrogens is 338 g/mol. The number of carbonyl (C=O) groups excluding carboxylic acids is 1.